The van der Waals surface area contributed by atoms with Crippen LogP contribution in [0.5, 0.6) is 0 Å². The van der Waals surface area contributed by atoms with E-state index in [2.05, 4.69) is 52.8 Å². The SMILES string of the molecule is N#Cc1cn(-c2c(Br)cc(Br)cc2Br)c(=O)[nH]c1=O. The lowest BCUT2D eigenvalue weighted by Gasteiger charge is -2.10. The van der Waals surface area contributed by atoms with Gasteiger partial charge in [-0.05, 0) is 44.0 Å². The quantitative estimate of drug-likeness (QED) is 0.727. The molecule has 0 aliphatic carbocycles. The van der Waals surface area contributed by atoms with Crippen molar-refractivity contribution >= 4 is 47.8 Å². The van der Waals surface area contributed by atoms with Gasteiger partial charge in [0.1, 0.15) is 11.6 Å². The van der Waals surface area contributed by atoms with Crippen LogP contribution in [0.3, 0.4) is 0 Å². The van der Waals surface area contributed by atoms with Gasteiger partial charge in [0.05, 0.1) is 5.69 Å². The first-order chi connectivity index (χ1) is 8.93. The Bertz CT molecular complexity index is 794. The molecule has 1 heterocycles. The van der Waals surface area contributed by atoms with Crippen LogP contribution >= 0.6 is 47.8 Å². The zero-order valence-electron chi connectivity index (χ0n) is 9.08. The van der Waals surface area contributed by atoms with Crippen LogP contribution in [0.1, 0.15) is 5.56 Å². The number of nitrogens with zero attached hydrogens (tertiary/aromatic N) is 2. The third kappa shape index (κ3) is 2.73. The largest absolute Gasteiger partial charge is 0.333 e. The fraction of sp³-hybridized carbons (Fsp3) is 0. The van der Waals surface area contributed by atoms with Crippen molar-refractivity contribution in [1.29, 1.82) is 5.26 Å². The number of nitriles is 1. The molecule has 1 aromatic carbocycles. The summed E-state index contributed by atoms with van der Waals surface area (Å²) in [6.45, 7) is 0. The zero-order chi connectivity index (χ0) is 14.2. The fourth-order valence-electron chi connectivity index (χ4n) is 1.48. The smallest absolute Gasteiger partial charge is 0.273 e. The van der Waals surface area contributed by atoms with Gasteiger partial charge in [0.25, 0.3) is 5.56 Å². The van der Waals surface area contributed by atoms with E-state index >= 15 is 0 Å². The van der Waals surface area contributed by atoms with Crippen LogP contribution in [0.2, 0.25) is 0 Å². The average molecular weight is 450 g/mol. The van der Waals surface area contributed by atoms with E-state index < -0.39 is 11.2 Å². The Balaban J connectivity index is 2.84. The highest BCUT2D eigenvalue weighted by atomic mass is 79.9. The van der Waals surface area contributed by atoms with E-state index in [1.165, 1.54) is 10.8 Å². The Hall–Kier alpha value is -1.17. The van der Waals surface area contributed by atoms with Gasteiger partial charge >= 0.3 is 5.69 Å². The van der Waals surface area contributed by atoms with Crippen molar-refractivity contribution in [2.75, 3.05) is 0 Å². The van der Waals surface area contributed by atoms with Gasteiger partial charge in [0, 0.05) is 19.6 Å². The second-order valence-corrected chi connectivity index (χ2v) is 6.13. The van der Waals surface area contributed by atoms with Gasteiger partial charge in [-0.15, -0.1) is 0 Å². The van der Waals surface area contributed by atoms with E-state index in [4.69, 9.17) is 5.26 Å². The summed E-state index contributed by atoms with van der Waals surface area (Å²) >= 11 is 10.00. The molecule has 0 spiro atoms. The highest BCUT2D eigenvalue weighted by Gasteiger charge is 2.13. The predicted octanol–water partition coefficient (Wildman–Crippen LogP) is 2.68. The van der Waals surface area contributed by atoms with Gasteiger partial charge in [-0.3, -0.25) is 14.3 Å². The molecular formula is C11H4Br3N3O2. The van der Waals surface area contributed by atoms with Gasteiger partial charge in [0.15, 0.2) is 0 Å². The minimum atomic E-state index is -0.701. The van der Waals surface area contributed by atoms with Crippen LogP contribution in [-0.4, -0.2) is 9.55 Å². The molecule has 19 heavy (non-hydrogen) atoms. The van der Waals surface area contributed by atoms with Crippen LogP contribution in [0.15, 0.2) is 41.3 Å². The normalized spacial score (nSPS) is 10.2. The fourth-order valence-corrected chi connectivity index (χ4v) is 4.12. The summed E-state index contributed by atoms with van der Waals surface area (Å²) < 4.78 is 3.27. The highest BCUT2D eigenvalue weighted by Crippen LogP contribution is 2.31. The van der Waals surface area contributed by atoms with Crippen molar-refractivity contribution in [3.8, 4) is 11.8 Å². The Morgan fingerprint density at radius 2 is 1.74 bits per heavy atom. The highest BCUT2D eigenvalue weighted by molar-refractivity contribution is 9.11. The number of halogens is 3. The van der Waals surface area contributed by atoms with E-state index in [0.717, 1.165) is 4.47 Å². The standard InChI is InChI=1S/C11H4Br3N3O2/c12-6-1-7(13)9(8(14)2-6)17-4-5(3-15)10(18)16-11(17)19/h1-2,4H,(H,16,18,19). The molecule has 0 radical (unpaired) electrons. The number of nitrogens with one attached hydrogen (secondary N) is 1. The Morgan fingerprint density at radius 1 is 1.16 bits per heavy atom. The van der Waals surface area contributed by atoms with Crippen LogP contribution < -0.4 is 11.2 Å². The molecule has 96 valence electrons. The summed E-state index contributed by atoms with van der Waals surface area (Å²) in [6.07, 6.45) is 1.21. The van der Waals surface area contributed by atoms with Crippen LogP contribution in [0.4, 0.5) is 0 Å². The molecule has 0 saturated heterocycles. The van der Waals surface area contributed by atoms with Gasteiger partial charge in [-0.25, -0.2) is 4.79 Å². The summed E-state index contributed by atoms with van der Waals surface area (Å²) in [6, 6.07) is 5.25. The first-order valence-corrected chi connectivity index (χ1v) is 7.23. The van der Waals surface area contributed by atoms with Crippen molar-refractivity contribution in [1.82, 2.24) is 9.55 Å². The van der Waals surface area contributed by atoms with E-state index in [0.29, 0.717) is 14.6 Å². The number of aromatic nitrogens is 2. The number of hydrogen-bond donors (Lipinski definition) is 1. The average Bonchev–Trinajstić information content (AvgIpc) is 2.30. The number of aromatic amines is 1. The number of H-pyrrole nitrogens is 1. The third-order valence-electron chi connectivity index (χ3n) is 2.29. The van der Waals surface area contributed by atoms with Crippen molar-refractivity contribution in [3.05, 3.63) is 58.1 Å². The van der Waals surface area contributed by atoms with Crippen LogP contribution in [0.25, 0.3) is 5.69 Å². The van der Waals surface area contributed by atoms with Crippen molar-refractivity contribution in [3.63, 3.8) is 0 Å². The molecule has 0 amide bonds. The van der Waals surface area contributed by atoms with Crippen molar-refractivity contribution < 1.29 is 0 Å². The molecule has 1 aromatic heterocycles. The molecule has 0 unspecified atom stereocenters. The maximum absolute atomic E-state index is 11.8. The monoisotopic (exact) mass is 447 g/mol. The lowest BCUT2D eigenvalue weighted by molar-refractivity contribution is 0.882. The maximum Gasteiger partial charge on any atom is 0.333 e. The Labute approximate surface area is 132 Å². The number of benzene rings is 1. The molecule has 0 fully saturated rings. The molecule has 0 aliphatic heterocycles. The maximum atomic E-state index is 11.8. The summed E-state index contributed by atoms with van der Waals surface area (Å²) in [4.78, 5) is 25.3. The first kappa shape index (κ1) is 14.2. The van der Waals surface area contributed by atoms with Crippen molar-refractivity contribution in [2.24, 2.45) is 0 Å². The van der Waals surface area contributed by atoms with Gasteiger partial charge in [-0.1, -0.05) is 15.9 Å². The second kappa shape index (κ2) is 5.45. The van der Waals surface area contributed by atoms with E-state index in [1.807, 2.05) is 0 Å². The van der Waals surface area contributed by atoms with Gasteiger partial charge in [-0.2, -0.15) is 5.26 Å². The van der Waals surface area contributed by atoms with Gasteiger partial charge in [0.2, 0.25) is 0 Å². The summed E-state index contributed by atoms with van der Waals surface area (Å²) in [5.74, 6) is 0. The Morgan fingerprint density at radius 3 is 2.26 bits per heavy atom. The third-order valence-corrected chi connectivity index (χ3v) is 3.95. The predicted molar refractivity (Wildman–Crippen MR) is 80.5 cm³/mol. The van der Waals surface area contributed by atoms with Gasteiger partial charge < -0.3 is 0 Å². The van der Waals surface area contributed by atoms with E-state index in [-0.39, 0.29) is 5.56 Å². The number of hydrogen-bond acceptors (Lipinski definition) is 3. The van der Waals surface area contributed by atoms with Crippen LogP contribution in [-0.2, 0) is 0 Å². The lowest BCUT2D eigenvalue weighted by atomic mass is 10.3. The molecule has 5 nitrogen and oxygen atoms in total. The topological polar surface area (TPSA) is 78.7 Å². The minimum Gasteiger partial charge on any atom is -0.273 e. The molecule has 0 atom stereocenters. The first-order valence-electron chi connectivity index (χ1n) is 4.85. The molecule has 0 saturated carbocycles. The molecule has 0 aliphatic rings. The molecule has 2 aromatic rings. The van der Waals surface area contributed by atoms with Crippen molar-refractivity contribution in [2.45, 2.75) is 0 Å². The molecule has 0 bridgehead atoms. The van der Waals surface area contributed by atoms with Crippen LogP contribution in [0, 0.1) is 11.3 Å². The molecule has 2 rings (SSSR count). The van der Waals surface area contributed by atoms with E-state index in [1.54, 1.807) is 18.2 Å². The molecular weight excluding hydrogens is 446 g/mol. The zero-order valence-corrected chi connectivity index (χ0v) is 13.8. The molecule has 8 heteroatoms. The summed E-state index contributed by atoms with van der Waals surface area (Å²) in [5, 5.41) is 8.85. The second-order valence-electron chi connectivity index (χ2n) is 3.50. The number of rotatable bonds is 1. The molecule has 1 N–H and O–H groups in total. The Kier molecular flexibility index (Phi) is 4.08. The summed E-state index contributed by atoms with van der Waals surface area (Å²) in [5.41, 5.74) is -0.955. The lowest BCUT2D eigenvalue weighted by Crippen LogP contribution is -2.30. The van der Waals surface area contributed by atoms with E-state index in [9.17, 15) is 9.59 Å². The summed E-state index contributed by atoms with van der Waals surface area (Å²) in [7, 11) is 0. The minimum absolute atomic E-state index is 0.138.